The SMILES string of the molecule is C=C(CNc1cc(Cl)c(OC)cc1OC)C(=O)O. The van der Waals surface area contributed by atoms with Gasteiger partial charge in [-0.05, 0) is 6.07 Å². The van der Waals surface area contributed by atoms with Crippen LogP contribution in [0.1, 0.15) is 0 Å². The number of rotatable bonds is 6. The fourth-order valence-corrected chi connectivity index (χ4v) is 1.52. The zero-order valence-electron chi connectivity index (χ0n) is 10.1. The molecule has 0 aliphatic heterocycles. The molecule has 0 heterocycles. The Morgan fingerprint density at radius 3 is 2.50 bits per heavy atom. The predicted octanol–water partition coefficient (Wildman–Crippen LogP) is 2.41. The number of methoxy groups -OCH3 is 2. The number of benzene rings is 1. The van der Waals surface area contributed by atoms with Gasteiger partial charge >= 0.3 is 5.97 Å². The molecule has 0 fully saturated rings. The van der Waals surface area contributed by atoms with Gasteiger partial charge in [0.15, 0.2) is 0 Å². The Morgan fingerprint density at radius 2 is 2.00 bits per heavy atom. The third kappa shape index (κ3) is 3.30. The standard InChI is InChI=1S/C12H14ClNO4/c1-7(12(15)16)6-14-9-4-8(13)10(17-2)5-11(9)18-3/h4-5,14H,1,6H2,2-3H3,(H,15,16). The van der Waals surface area contributed by atoms with Crippen LogP contribution >= 0.6 is 11.6 Å². The van der Waals surface area contributed by atoms with Crippen molar-refractivity contribution >= 4 is 23.3 Å². The second kappa shape index (κ2) is 6.16. The molecule has 0 aliphatic rings. The number of carboxylic acids is 1. The van der Waals surface area contributed by atoms with Crippen molar-refractivity contribution < 1.29 is 19.4 Å². The van der Waals surface area contributed by atoms with Gasteiger partial charge in [-0.15, -0.1) is 0 Å². The molecular formula is C12H14ClNO4. The maximum atomic E-state index is 10.6. The van der Waals surface area contributed by atoms with Crippen molar-refractivity contribution in [3.63, 3.8) is 0 Å². The summed E-state index contributed by atoms with van der Waals surface area (Å²) in [6.45, 7) is 3.51. The lowest BCUT2D eigenvalue weighted by Gasteiger charge is -2.13. The maximum absolute atomic E-state index is 10.6. The van der Waals surface area contributed by atoms with Crippen molar-refractivity contribution in [2.45, 2.75) is 0 Å². The van der Waals surface area contributed by atoms with Crippen LogP contribution in [-0.4, -0.2) is 31.8 Å². The van der Waals surface area contributed by atoms with Gasteiger partial charge in [0, 0.05) is 18.2 Å². The molecule has 0 radical (unpaired) electrons. The first kappa shape index (κ1) is 14.2. The summed E-state index contributed by atoms with van der Waals surface area (Å²) in [6.07, 6.45) is 0. The average Bonchev–Trinajstić information content (AvgIpc) is 2.35. The molecule has 0 saturated carbocycles. The van der Waals surface area contributed by atoms with E-state index in [2.05, 4.69) is 11.9 Å². The van der Waals surface area contributed by atoms with Crippen molar-refractivity contribution in [1.29, 1.82) is 0 Å². The zero-order chi connectivity index (χ0) is 13.7. The Hall–Kier alpha value is -1.88. The van der Waals surface area contributed by atoms with Crippen LogP contribution < -0.4 is 14.8 Å². The second-order valence-corrected chi connectivity index (χ2v) is 3.86. The van der Waals surface area contributed by atoms with Crippen molar-refractivity contribution in [3.8, 4) is 11.5 Å². The lowest BCUT2D eigenvalue weighted by Crippen LogP contribution is -2.11. The lowest BCUT2D eigenvalue weighted by atomic mass is 10.2. The number of halogens is 1. The summed E-state index contributed by atoms with van der Waals surface area (Å²) in [5, 5.41) is 12.0. The molecule has 0 amide bonds. The van der Waals surface area contributed by atoms with Gasteiger partial charge in [0.25, 0.3) is 0 Å². The quantitative estimate of drug-likeness (QED) is 0.778. The minimum Gasteiger partial charge on any atom is -0.495 e. The molecule has 2 N–H and O–H groups in total. The van der Waals surface area contributed by atoms with E-state index in [0.29, 0.717) is 22.2 Å². The van der Waals surface area contributed by atoms with Crippen molar-refractivity contribution in [3.05, 3.63) is 29.3 Å². The molecule has 0 aliphatic carbocycles. The molecule has 0 bridgehead atoms. The van der Waals surface area contributed by atoms with E-state index in [1.807, 2.05) is 0 Å². The third-order valence-electron chi connectivity index (χ3n) is 2.27. The van der Waals surface area contributed by atoms with Gasteiger partial charge in [0.05, 0.1) is 24.9 Å². The first-order chi connectivity index (χ1) is 8.49. The van der Waals surface area contributed by atoms with E-state index in [9.17, 15) is 4.79 Å². The number of ether oxygens (including phenoxy) is 2. The summed E-state index contributed by atoms with van der Waals surface area (Å²) >= 11 is 5.98. The summed E-state index contributed by atoms with van der Waals surface area (Å²) in [5.74, 6) is -0.0633. The van der Waals surface area contributed by atoms with Gasteiger partial charge in [-0.25, -0.2) is 4.79 Å². The van der Waals surface area contributed by atoms with E-state index in [0.717, 1.165) is 0 Å². The van der Waals surface area contributed by atoms with E-state index >= 15 is 0 Å². The Balaban J connectivity index is 2.91. The molecule has 1 aromatic carbocycles. The van der Waals surface area contributed by atoms with E-state index in [1.54, 1.807) is 12.1 Å². The number of aliphatic carboxylic acids is 1. The van der Waals surface area contributed by atoms with Crippen molar-refractivity contribution in [2.24, 2.45) is 0 Å². The van der Waals surface area contributed by atoms with Crippen LogP contribution in [0.15, 0.2) is 24.3 Å². The van der Waals surface area contributed by atoms with E-state index in [-0.39, 0.29) is 12.1 Å². The Labute approximate surface area is 110 Å². The molecule has 6 heteroatoms. The van der Waals surface area contributed by atoms with E-state index in [1.165, 1.54) is 14.2 Å². The van der Waals surface area contributed by atoms with Gasteiger partial charge in [-0.3, -0.25) is 0 Å². The maximum Gasteiger partial charge on any atom is 0.332 e. The fraction of sp³-hybridized carbons (Fsp3) is 0.250. The molecule has 0 aromatic heterocycles. The van der Waals surface area contributed by atoms with Gasteiger partial charge < -0.3 is 19.9 Å². The number of nitrogens with one attached hydrogen (secondary N) is 1. The van der Waals surface area contributed by atoms with Crippen molar-refractivity contribution in [1.82, 2.24) is 0 Å². The predicted molar refractivity (Wildman–Crippen MR) is 69.8 cm³/mol. The molecular weight excluding hydrogens is 258 g/mol. The first-order valence-corrected chi connectivity index (χ1v) is 5.43. The van der Waals surface area contributed by atoms with Gasteiger partial charge in [-0.1, -0.05) is 18.2 Å². The highest BCUT2D eigenvalue weighted by Gasteiger charge is 2.11. The second-order valence-electron chi connectivity index (χ2n) is 3.45. The largest absolute Gasteiger partial charge is 0.495 e. The molecule has 1 rings (SSSR count). The van der Waals surface area contributed by atoms with Crippen LogP contribution in [-0.2, 0) is 4.79 Å². The molecule has 0 saturated heterocycles. The zero-order valence-corrected chi connectivity index (χ0v) is 10.9. The minimum atomic E-state index is -1.05. The third-order valence-corrected chi connectivity index (χ3v) is 2.56. The Morgan fingerprint density at radius 1 is 1.39 bits per heavy atom. The number of hydrogen-bond acceptors (Lipinski definition) is 4. The fourth-order valence-electron chi connectivity index (χ4n) is 1.28. The van der Waals surface area contributed by atoms with Crippen molar-refractivity contribution in [2.75, 3.05) is 26.1 Å². The van der Waals surface area contributed by atoms with Gasteiger partial charge in [0.1, 0.15) is 11.5 Å². The van der Waals surface area contributed by atoms with Crippen LogP contribution in [0.25, 0.3) is 0 Å². The summed E-state index contributed by atoms with van der Waals surface area (Å²) in [5.41, 5.74) is 0.620. The number of carbonyl (C=O) groups is 1. The van der Waals surface area contributed by atoms with Crippen LogP contribution in [0.3, 0.4) is 0 Å². The van der Waals surface area contributed by atoms with Gasteiger partial charge in [-0.2, -0.15) is 0 Å². The van der Waals surface area contributed by atoms with Crippen LogP contribution in [0.4, 0.5) is 5.69 Å². The van der Waals surface area contributed by atoms with E-state index in [4.69, 9.17) is 26.2 Å². The Bertz CT molecular complexity index is 473. The molecule has 0 spiro atoms. The molecule has 18 heavy (non-hydrogen) atoms. The molecule has 0 unspecified atom stereocenters. The number of anilines is 1. The number of carboxylic acid groups (broad SMARTS) is 1. The highest BCUT2D eigenvalue weighted by molar-refractivity contribution is 6.32. The van der Waals surface area contributed by atoms with Crippen LogP contribution in [0.5, 0.6) is 11.5 Å². The smallest absolute Gasteiger partial charge is 0.332 e. The lowest BCUT2D eigenvalue weighted by molar-refractivity contribution is -0.132. The highest BCUT2D eigenvalue weighted by atomic mass is 35.5. The summed E-state index contributed by atoms with van der Waals surface area (Å²) in [7, 11) is 3.00. The van der Waals surface area contributed by atoms with Crippen LogP contribution in [0.2, 0.25) is 5.02 Å². The van der Waals surface area contributed by atoms with Crippen LogP contribution in [0, 0.1) is 0 Å². The highest BCUT2D eigenvalue weighted by Crippen LogP contribution is 2.35. The minimum absolute atomic E-state index is 0.0454. The molecule has 5 nitrogen and oxygen atoms in total. The monoisotopic (exact) mass is 271 g/mol. The molecule has 1 aromatic rings. The normalized spacial score (nSPS) is 9.72. The molecule has 98 valence electrons. The summed E-state index contributed by atoms with van der Waals surface area (Å²) in [4.78, 5) is 10.6. The summed E-state index contributed by atoms with van der Waals surface area (Å²) < 4.78 is 10.2. The molecule has 0 atom stereocenters. The average molecular weight is 272 g/mol. The van der Waals surface area contributed by atoms with E-state index < -0.39 is 5.97 Å². The Kier molecular flexibility index (Phi) is 4.85. The van der Waals surface area contributed by atoms with Gasteiger partial charge in [0.2, 0.25) is 0 Å². The number of hydrogen-bond donors (Lipinski definition) is 2. The first-order valence-electron chi connectivity index (χ1n) is 5.06. The topological polar surface area (TPSA) is 67.8 Å². The summed E-state index contributed by atoms with van der Waals surface area (Å²) in [6, 6.07) is 3.22.